The summed E-state index contributed by atoms with van der Waals surface area (Å²) in [4.78, 5) is 16.9. The highest BCUT2D eigenvalue weighted by molar-refractivity contribution is 5.94. The van der Waals surface area contributed by atoms with E-state index in [1.54, 1.807) is 19.1 Å². The van der Waals surface area contributed by atoms with Gasteiger partial charge in [-0.2, -0.15) is 0 Å². The summed E-state index contributed by atoms with van der Waals surface area (Å²) in [6.45, 7) is 7.41. The third-order valence-corrected chi connectivity index (χ3v) is 5.24. The van der Waals surface area contributed by atoms with Gasteiger partial charge in [0.25, 0.3) is 0 Å². The van der Waals surface area contributed by atoms with Crippen LogP contribution in [0.1, 0.15) is 18.1 Å². The molecule has 1 heterocycles. The van der Waals surface area contributed by atoms with Gasteiger partial charge < -0.3 is 15.0 Å². The monoisotopic (exact) mass is 385 g/mol. The minimum Gasteiger partial charge on any atom is -0.378 e. The van der Waals surface area contributed by atoms with E-state index < -0.39 is 0 Å². The van der Waals surface area contributed by atoms with Crippen molar-refractivity contribution in [2.45, 2.75) is 26.4 Å². The number of amides is 1. The van der Waals surface area contributed by atoms with E-state index in [2.05, 4.69) is 22.3 Å². The molecule has 0 spiro atoms. The van der Waals surface area contributed by atoms with Crippen molar-refractivity contribution in [2.75, 3.05) is 43.6 Å². The maximum absolute atomic E-state index is 13.7. The van der Waals surface area contributed by atoms with Crippen LogP contribution in [-0.2, 0) is 16.1 Å². The molecule has 2 aromatic carbocycles. The van der Waals surface area contributed by atoms with Crippen LogP contribution in [0.2, 0.25) is 0 Å². The smallest absolute Gasteiger partial charge is 0.241 e. The van der Waals surface area contributed by atoms with E-state index in [0.717, 1.165) is 26.3 Å². The highest BCUT2D eigenvalue weighted by Gasteiger charge is 2.21. The Kier molecular flexibility index (Phi) is 6.65. The number of aryl methyl sites for hydroxylation is 1. The number of ether oxygens (including phenoxy) is 1. The number of hydrogen-bond acceptors (Lipinski definition) is 4. The van der Waals surface area contributed by atoms with Gasteiger partial charge >= 0.3 is 0 Å². The number of halogens is 1. The number of rotatable bonds is 6. The molecule has 6 heteroatoms. The first kappa shape index (κ1) is 20.3. The molecule has 0 aliphatic carbocycles. The highest BCUT2D eigenvalue weighted by Crippen LogP contribution is 2.23. The summed E-state index contributed by atoms with van der Waals surface area (Å²) >= 11 is 0. The van der Waals surface area contributed by atoms with Gasteiger partial charge in [-0.1, -0.05) is 24.3 Å². The average molecular weight is 385 g/mol. The van der Waals surface area contributed by atoms with Crippen LogP contribution in [0.4, 0.5) is 15.8 Å². The topological polar surface area (TPSA) is 44.8 Å². The minimum absolute atomic E-state index is 0.158. The van der Waals surface area contributed by atoms with Crippen LogP contribution in [0.3, 0.4) is 0 Å². The SMILES string of the molecule is Cc1ccc(NC(=O)C(C)N(C)Cc2ccccc2N2CCOCC2)cc1F. The number of nitrogens with one attached hydrogen (secondary N) is 1. The fourth-order valence-corrected chi connectivity index (χ4v) is 3.28. The number of morpholine rings is 1. The largest absolute Gasteiger partial charge is 0.378 e. The van der Waals surface area contributed by atoms with Crippen LogP contribution in [0.5, 0.6) is 0 Å². The van der Waals surface area contributed by atoms with E-state index in [0.29, 0.717) is 17.8 Å². The lowest BCUT2D eigenvalue weighted by Gasteiger charge is -2.32. The molecule has 3 rings (SSSR count). The summed E-state index contributed by atoms with van der Waals surface area (Å²) < 4.78 is 19.2. The molecule has 5 nitrogen and oxygen atoms in total. The molecule has 0 radical (unpaired) electrons. The number of para-hydroxylation sites is 1. The number of benzene rings is 2. The second-order valence-electron chi connectivity index (χ2n) is 7.27. The molecule has 0 saturated carbocycles. The summed E-state index contributed by atoms with van der Waals surface area (Å²) in [7, 11) is 1.93. The van der Waals surface area contributed by atoms with Crippen LogP contribution < -0.4 is 10.2 Å². The van der Waals surface area contributed by atoms with Gasteiger partial charge in [0.2, 0.25) is 5.91 Å². The zero-order valence-corrected chi connectivity index (χ0v) is 16.7. The van der Waals surface area contributed by atoms with E-state index in [-0.39, 0.29) is 17.8 Å². The van der Waals surface area contributed by atoms with Crippen molar-refractivity contribution in [2.24, 2.45) is 0 Å². The molecular weight excluding hydrogens is 357 g/mol. The van der Waals surface area contributed by atoms with Crippen molar-refractivity contribution >= 4 is 17.3 Å². The summed E-state index contributed by atoms with van der Waals surface area (Å²) in [5.74, 6) is -0.479. The van der Waals surface area contributed by atoms with Crippen molar-refractivity contribution in [1.29, 1.82) is 0 Å². The highest BCUT2D eigenvalue weighted by atomic mass is 19.1. The van der Waals surface area contributed by atoms with Gasteiger partial charge in [0.1, 0.15) is 5.82 Å². The predicted molar refractivity (Wildman–Crippen MR) is 110 cm³/mol. The van der Waals surface area contributed by atoms with Crippen molar-refractivity contribution in [3.8, 4) is 0 Å². The fraction of sp³-hybridized carbons (Fsp3) is 0.409. The normalized spacial score (nSPS) is 15.5. The Labute approximate surface area is 166 Å². The summed E-state index contributed by atoms with van der Waals surface area (Å²) in [5, 5.41) is 2.81. The molecule has 1 aliphatic rings. The first-order valence-corrected chi connectivity index (χ1v) is 9.63. The Bertz CT molecular complexity index is 821. The molecule has 1 unspecified atom stereocenters. The van der Waals surface area contributed by atoms with Crippen LogP contribution >= 0.6 is 0 Å². The van der Waals surface area contributed by atoms with Gasteiger partial charge in [-0.3, -0.25) is 9.69 Å². The quantitative estimate of drug-likeness (QED) is 0.828. The first-order valence-electron chi connectivity index (χ1n) is 9.63. The third kappa shape index (κ3) is 4.88. The Morgan fingerprint density at radius 3 is 2.68 bits per heavy atom. The van der Waals surface area contributed by atoms with Crippen LogP contribution in [0, 0.1) is 12.7 Å². The van der Waals surface area contributed by atoms with Gasteiger partial charge in [0, 0.05) is 31.0 Å². The maximum Gasteiger partial charge on any atom is 0.241 e. The molecule has 0 bridgehead atoms. The summed E-state index contributed by atoms with van der Waals surface area (Å²) in [6, 6.07) is 12.7. The predicted octanol–water partition coefficient (Wildman–Crippen LogP) is 3.43. The molecule has 1 saturated heterocycles. The lowest BCUT2D eigenvalue weighted by Crippen LogP contribution is -2.40. The van der Waals surface area contributed by atoms with Crippen molar-refractivity contribution < 1.29 is 13.9 Å². The zero-order chi connectivity index (χ0) is 20.1. The fourth-order valence-electron chi connectivity index (χ4n) is 3.28. The van der Waals surface area contributed by atoms with Gasteiger partial charge in [-0.15, -0.1) is 0 Å². The molecule has 1 aliphatic heterocycles. The van der Waals surface area contributed by atoms with Gasteiger partial charge in [0.15, 0.2) is 0 Å². The van der Waals surface area contributed by atoms with Crippen molar-refractivity contribution in [3.05, 3.63) is 59.4 Å². The molecule has 0 aromatic heterocycles. The van der Waals surface area contributed by atoms with E-state index >= 15 is 0 Å². The summed E-state index contributed by atoms with van der Waals surface area (Å²) in [5.41, 5.74) is 3.39. The number of likely N-dealkylation sites (N-methyl/N-ethyl adjacent to an activating group) is 1. The number of hydrogen-bond donors (Lipinski definition) is 1. The number of carbonyl (C=O) groups excluding carboxylic acids is 1. The van der Waals surface area contributed by atoms with Crippen LogP contribution in [0.15, 0.2) is 42.5 Å². The Hall–Kier alpha value is -2.44. The zero-order valence-electron chi connectivity index (χ0n) is 16.7. The van der Waals surface area contributed by atoms with E-state index in [4.69, 9.17) is 4.74 Å². The molecule has 1 fully saturated rings. The molecule has 28 heavy (non-hydrogen) atoms. The van der Waals surface area contributed by atoms with Crippen LogP contribution in [-0.4, -0.2) is 50.2 Å². The van der Waals surface area contributed by atoms with E-state index in [1.807, 2.05) is 31.0 Å². The number of nitrogens with zero attached hydrogens (tertiary/aromatic N) is 2. The first-order chi connectivity index (χ1) is 13.5. The number of carbonyl (C=O) groups is 1. The molecule has 1 N–H and O–H groups in total. The summed E-state index contributed by atoms with van der Waals surface area (Å²) in [6.07, 6.45) is 0. The van der Waals surface area contributed by atoms with Crippen molar-refractivity contribution in [3.63, 3.8) is 0 Å². The molecule has 2 aromatic rings. The maximum atomic E-state index is 13.7. The average Bonchev–Trinajstić information content (AvgIpc) is 2.71. The molecular formula is C22H28FN3O2. The molecule has 1 amide bonds. The third-order valence-electron chi connectivity index (χ3n) is 5.24. The Morgan fingerprint density at radius 1 is 1.25 bits per heavy atom. The molecule has 150 valence electrons. The second-order valence-corrected chi connectivity index (χ2v) is 7.27. The van der Waals surface area contributed by atoms with E-state index in [1.165, 1.54) is 17.3 Å². The van der Waals surface area contributed by atoms with Crippen molar-refractivity contribution in [1.82, 2.24) is 4.90 Å². The van der Waals surface area contributed by atoms with Crippen LogP contribution in [0.25, 0.3) is 0 Å². The molecule has 1 atom stereocenters. The van der Waals surface area contributed by atoms with Gasteiger partial charge in [-0.25, -0.2) is 4.39 Å². The van der Waals surface area contributed by atoms with Gasteiger partial charge in [0.05, 0.1) is 19.3 Å². The van der Waals surface area contributed by atoms with Gasteiger partial charge in [-0.05, 0) is 50.2 Å². The number of anilines is 2. The minimum atomic E-state index is -0.359. The Morgan fingerprint density at radius 2 is 1.96 bits per heavy atom. The second kappa shape index (κ2) is 9.17. The Balaban J connectivity index is 1.66. The lowest BCUT2D eigenvalue weighted by molar-refractivity contribution is -0.120. The lowest BCUT2D eigenvalue weighted by atomic mass is 10.1. The standard InChI is InChI=1S/C22H28FN3O2/c1-16-8-9-19(14-20(16)23)24-22(27)17(2)25(3)15-18-6-4-5-7-21(18)26-10-12-28-13-11-26/h4-9,14,17H,10-13,15H2,1-3H3,(H,24,27). The van der Waals surface area contributed by atoms with E-state index in [9.17, 15) is 9.18 Å².